The summed E-state index contributed by atoms with van der Waals surface area (Å²) in [4.78, 5) is 11.8. The number of ether oxygens (including phenoxy) is 2. The number of hydrogen-bond donors (Lipinski definition) is 1. The molecule has 1 N–H and O–H groups in total. The minimum atomic E-state index is -0.516. The molecule has 0 bridgehead atoms. The normalized spacial score (nSPS) is 17.2. The molecule has 1 heterocycles. The molecule has 1 fully saturated rings. The van der Waals surface area contributed by atoms with E-state index in [1.54, 1.807) is 0 Å². The van der Waals surface area contributed by atoms with Crippen molar-refractivity contribution >= 4 is 18.7 Å². The lowest BCUT2D eigenvalue weighted by Crippen LogP contribution is -2.41. The smallest absolute Gasteiger partial charge is 0.489 e. The van der Waals surface area contributed by atoms with Crippen LogP contribution in [0.4, 0.5) is 4.79 Å². The Kier molecular flexibility index (Phi) is 6.91. The minimum Gasteiger partial charge on any atom is -0.489 e. The highest BCUT2D eigenvalue weighted by Gasteiger charge is 2.51. The molecule has 3 rings (SSSR count). The molecule has 6 nitrogen and oxygen atoms in total. The fraction of sp³-hybridized carbons (Fsp3) is 0.480. The molecule has 172 valence electrons. The van der Waals surface area contributed by atoms with Gasteiger partial charge in [-0.15, -0.1) is 0 Å². The zero-order chi connectivity index (χ0) is 23.6. The lowest BCUT2D eigenvalue weighted by atomic mass is 9.79. The van der Waals surface area contributed by atoms with Gasteiger partial charge in [-0.2, -0.15) is 0 Å². The average molecular weight is 439 g/mol. The molecule has 7 heteroatoms. The molecule has 2 aromatic rings. The van der Waals surface area contributed by atoms with Crippen molar-refractivity contribution in [2.24, 2.45) is 0 Å². The molecule has 1 aliphatic heterocycles. The van der Waals surface area contributed by atoms with E-state index in [-0.39, 0.29) is 18.3 Å². The van der Waals surface area contributed by atoms with Gasteiger partial charge >= 0.3 is 13.2 Å². The molecule has 0 unspecified atom stereocenters. The maximum absolute atomic E-state index is 11.8. The summed E-state index contributed by atoms with van der Waals surface area (Å²) < 4.78 is 23.4. The fourth-order valence-corrected chi connectivity index (χ4v) is 3.18. The summed E-state index contributed by atoms with van der Waals surface area (Å²) in [6.45, 7) is 14.5. The molecule has 0 saturated carbocycles. The molecule has 0 aliphatic carbocycles. The van der Waals surface area contributed by atoms with E-state index in [0.29, 0.717) is 13.2 Å². The van der Waals surface area contributed by atoms with Crippen molar-refractivity contribution in [2.75, 3.05) is 0 Å². The van der Waals surface area contributed by atoms with Crippen LogP contribution in [0.15, 0.2) is 48.5 Å². The highest BCUT2D eigenvalue weighted by atomic mass is 16.7. The molecule has 0 radical (unpaired) electrons. The SMILES string of the molecule is CC(C)(C)OC(=O)NCc1cccc(COc2ccc(B3OC(C)(C)C(C)(C)O3)cc2)c1. The van der Waals surface area contributed by atoms with Crippen molar-refractivity contribution in [1.82, 2.24) is 5.32 Å². The van der Waals surface area contributed by atoms with Crippen LogP contribution in [0.1, 0.15) is 59.6 Å². The molecule has 0 spiro atoms. The van der Waals surface area contributed by atoms with Crippen LogP contribution in [0.5, 0.6) is 5.75 Å². The van der Waals surface area contributed by atoms with Crippen molar-refractivity contribution in [1.29, 1.82) is 0 Å². The highest BCUT2D eigenvalue weighted by Crippen LogP contribution is 2.36. The van der Waals surface area contributed by atoms with E-state index in [4.69, 9.17) is 18.8 Å². The van der Waals surface area contributed by atoms with Crippen LogP contribution in [-0.4, -0.2) is 30.0 Å². The molecule has 1 amide bonds. The van der Waals surface area contributed by atoms with E-state index in [0.717, 1.165) is 22.3 Å². The Morgan fingerprint density at radius 3 is 2.16 bits per heavy atom. The standard InChI is InChI=1S/C25H34BNO5/c1-23(2,3)30-22(28)27-16-18-9-8-10-19(15-18)17-29-21-13-11-20(12-14-21)26-31-24(4,5)25(6,7)32-26/h8-15H,16-17H2,1-7H3,(H,27,28). The Bertz CT molecular complexity index is 918. The third-order valence-corrected chi connectivity index (χ3v) is 5.64. The quantitative estimate of drug-likeness (QED) is 0.667. The largest absolute Gasteiger partial charge is 0.494 e. The van der Waals surface area contributed by atoms with Crippen LogP contribution in [0.3, 0.4) is 0 Å². The van der Waals surface area contributed by atoms with Crippen LogP contribution >= 0.6 is 0 Å². The zero-order valence-electron chi connectivity index (χ0n) is 20.2. The summed E-state index contributed by atoms with van der Waals surface area (Å²) in [6.07, 6.45) is -0.429. The maximum Gasteiger partial charge on any atom is 0.494 e. The lowest BCUT2D eigenvalue weighted by Gasteiger charge is -2.32. The second-order valence-corrected chi connectivity index (χ2v) is 10.1. The Morgan fingerprint density at radius 2 is 1.56 bits per heavy atom. The van der Waals surface area contributed by atoms with Crippen LogP contribution in [0.2, 0.25) is 0 Å². The first-order chi connectivity index (χ1) is 14.8. The Hall–Kier alpha value is -2.51. The first-order valence-electron chi connectivity index (χ1n) is 11.0. The third-order valence-electron chi connectivity index (χ3n) is 5.64. The predicted octanol–water partition coefficient (Wildman–Crippen LogP) is 4.59. The van der Waals surface area contributed by atoms with Gasteiger partial charge in [0.15, 0.2) is 0 Å². The minimum absolute atomic E-state index is 0.365. The Labute approximate surface area is 191 Å². The van der Waals surface area contributed by atoms with Gasteiger partial charge in [0.25, 0.3) is 0 Å². The number of amides is 1. The van der Waals surface area contributed by atoms with E-state index >= 15 is 0 Å². The maximum atomic E-state index is 11.8. The van der Waals surface area contributed by atoms with Crippen molar-refractivity contribution in [3.63, 3.8) is 0 Å². The second kappa shape index (κ2) is 9.16. The van der Waals surface area contributed by atoms with Gasteiger partial charge < -0.3 is 24.1 Å². The summed E-state index contributed by atoms with van der Waals surface area (Å²) >= 11 is 0. The van der Waals surface area contributed by atoms with Gasteiger partial charge in [-0.25, -0.2) is 4.79 Å². The first-order valence-corrected chi connectivity index (χ1v) is 11.0. The van der Waals surface area contributed by atoms with E-state index in [9.17, 15) is 4.79 Å². The zero-order valence-corrected chi connectivity index (χ0v) is 20.2. The molecule has 1 aliphatic rings. The number of carbonyl (C=O) groups is 1. The van der Waals surface area contributed by atoms with Gasteiger partial charge in [-0.05, 0) is 77.2 Å². The van der Waals surface area contributed by atoms with E-state index in [1.165, 1.54) is 0 Å². The fourth-order valence-electron chi connectivity index (χ4n) is 3.18. The van der Waals surface area contributed by atoms with E-state index < -0.39 is 11.7 Å². The number of alkyl carbamates (subject to hydrolysis) is 1. The van der Waals surface area contributed by atoms with E-state index in [1.807, 2.05) is 97.0 Å². The summed E-state index contributed by atoms with van der Waals surface area (Å²) in [5.41, 5.74) is 1.72. The second-order valence-electron chi connectivity index (χ2n) is 10.1. The molecule has 32 heavy (non-hydrogen) atoms. The summed E-state index contributed by atoms with van der Waals surface area (Å²) in [7, 11) is -0.386. The Morgan fingerprint density at radius 1 is 0.969 bits per heavy atom. The van der Waals surface area contributed by atoms with Crippen LogP contribution in [-0.2, 0) is 27.2 Å². The number of carbonyl (C=O) groups excluding carboxylic acids is 1. The average Bonchev–Trinajstić information content (AvgIpc) is 2.91. The van der Waals surface area contributed by atoms with Gasteiger partial charge in [-0.3, -0.25) is 0 Å². The molecule has 1 saturated heterocycles. The summed E-state index contributed by atoms with van der Waals surface area (Å²) in [5, 5.41) is 2.78. The van der Waals surface area contributed by atoms with Gasteiger partial charge in [0.1, 0.15) is 18.0 Å². The third kappa shape index (κ3) is 6.27. The van der Waals surface area contributed by atoms with Crippen molar-refractivity contribution in [3.05, 3.63) is 59.7 Å². The number of rotatable bonds is 6. The first kappa shape index (κ1) is 24.1. The highest BCUT2D eigenvalue weighted by molar-refractivity contribution is 6.62. The number of nitrogens with one attached hydrogen (secondary N) is 1. The van der Waals surface area contributed by atoms with Gasteiger partial charge in [0.2, 0.25) is 0 Å². The van der Waals surface area contributed by atoms with Gasteiger partial charge in [-0.1, -0.05) is 36.4 Å². The van der Waals surface area contributed by atoms with E-state index in [2.05, 4.69) is 5.32 Å². The molecule has 0 atom stereocenters. The van der Waals surface area contributed by atoms with Crippen molar-refractivity contribution in [3.8, 4) is 5.75 Å². The monoisotopic (exact) mass is 439 g/mol. The van der Waals surface area contributed by atoms with Crippen LogP contribution in [0.25, 0.3) is 0 Å². The topological polar surface area (TPSA) is 66.0 Å². The lowest BCUT2D eigenvalue weighted by molar-refractivity contribution is 0.00578. The summed E-state index contributed by atoms with van der Waals surface area (Å²) in [6, 6.07) is 15.7. The van der Waals surface area contributed by atoms with Crippen molar-refractivity contribution in [2.45, 2.75) is 78.4 Å². The molecule has 0 aromatic heterocycles. The van der Waals surface area contributed by atoms with Gasteiger partial charge in [0.05, 0.1) is 11.2 Å². The molecular weight excluding hydrogens is 405 g/mol. The Balaban J connectivity index is 1.53. The molecular formula is C25H34BNO5. The summed E-state index contributed by atoms with van der Waals surface area (Å²) in [5.74, 6) is 0.766. The van der Waals surface area contributed by atoms with Crippen molar-refractivity contribution < 1.29 is 23.6 Å². The van der Waals surface area contributed by atoms with Crippen LogP contribution in [0, 0.1) is 0 Å². The molecule has 2 aromatic carbocycles. The number of benzene rings is 2. The van der Waals surface area contributed by atoms with Gasteiger partial charge in [0, 0.05) is 6.54 Å². The number of hydrogen-bond acceptors (Lipinski definition) is 5. The van der Waals surface area contributed by atoms with Crippen LogP contribution < -0.4 is 15.5 Å². The predicted molar refractivity (Wildman–Crippen MR) is 126 cm³/mol.